The summed E-state index contributed by atoms with van der Waals surface area (Å²) in [7, 11) is 1.56. The molecule has 0 amide bonds. The van der Waals surface area contributed by atoms with Crippen LogP contribution in [0.4, 0.5) is 14.7 Å². The molecule has 1 N–H and O–H groups in total. The SMILES string of the molecule is COc1cc(C)c(-c2cnc(NCc3c(F)cccc3F)nc2)cn1. The predicted molar refractivity (Wildman–Crippen MR) is 90.2 cm³/mol. The van der Waals surface area contributed by atoms with Gasteiger partial charge in [0.15, 0.2) is 0 Å². The molecule has 0 atom stereocenters. The standard InChI is InChI=1S/C18H16F2N4O/c1-11-6-17(25-2)21-9-13(11)12-7-22-18(23-8-12)24-10-14-15(19)4-3-5-16(14)20/h3-9H,10H2,1-2H3,(H,22,23,24). The number of nitrogens with zero attached hydrogens (tertiary/aromatic N) is 3. The number of rotatable bonds is 5. The molecule has 0 aliphatic rings. The third-order valence-corrected chi connectivity index (χ3v) is 3.74. The summed E-state index contributed by atoms with van der Waals surface area (Å²) in [6, 6.07) is 5.57. The molecule has 0 saturated heterocycles. The van der Waals surface area contributed by atoms with Crippen LogP contribution >= 0.6 is 0 Å². The van der Waals surface area contributed by atoms with Gasteiger partial charge in [-0.1, -0.05) is 6.07 Å². The van der Waals surface area contributed by atoms with Gasteiger partial charge in [0.25, 0.3) is 0 Å². The van der Waals surface area contributed by atoms with E-state index in [4.69, 9.17) is 4.74 Å². The molecular formula is C18H16F2N4O. The first-order chi connectivity index (χ1) is 12.1. The largest absolute Gasteiger partial charge is 0.481 e. The summed E-state index contributed by atoms with van der Waals surface area (Å²) >= 11 is 0. The van der Waals surface area contributed by atoms with Crippen molar-refractivity contribution in [1.29, 1.82) is 0 Å². The topological polar surface area (TPSA) is 59.9 Å². The van der Waals surface area contributed by atoms with E-state index in [0.717, 1.165) is 16.7 Å². The molecule has 128 valence electrons. The maximum absolute atomic E-state index is 13.6. The molecule has 0 fully saturated rings. The van der Waals surface area contributed by atoms with Crippen molar-refractivity contribution in [2.75, 3.05) is 12.4 Å². The molecule has 3 aromatic rings. The quantitative estimate of drug-likeness (QED) is 0.765. The van der Waals surface area contributed by atoms with E-state index < -0.39 is 11.6 Å². The number of aryl methyl sites for hydroxylation is 1. The number of aromatic nitrogens is 3. The number of nitrogens with one attached hydrogen (secondary N) is 1. The minimum Gasteiger partial charge on any atom is -0.481 e. The summed E-state index contributed by atoms with van der Waals surface area (Å²) in [4.78, 5) is 12.5. The third kappa shape index (κ3) is 3.71. The van der Waals surface area contributed by atoms with Gasteiger partial charge in [-0.05, 0) is 24.6 Å². The molecular weight excluding hydrogens is 326 g/mol. The number of pyridine rings is 1. The van der Waals surface area contributed by atoms with Crippen LogP contribution in [-0.4, -0.2) is 22.1 Å². The smallest absolute Gasteiger partial charge is 0.222 e. The zero-order valence-electron chi connectivity index (χ0n) is 13.8. The number of benzene rings is 1. The van der Waals surface area contributed by atoms with Gasteiger partial charge in [-0.15, -0.1) is 0 Å². The highest BCUT2D eigenvalue weighted by atomic mass is 19.1. The van der Waals surface area contributed by atoms with Crippen LogP contribution < -0.4 is 10.1 Å². The van der Waals surface area contributed by atoms with Gasteiger partial charge in [0.05, 0.1) is 7.11 Å². The second-order valence-electron chi connectivity index (χ2n) is 5.39. The summed E-state index contributed by atoms with van der Waals surface area (Å²) in [5, 5.41) is 2.82. The van der Waals surface area contributed by atoms with E-state index in [0.29, 0.717) is 5.88 Å². The molecule has 0 radical (unpaired) electrons. The zero-order valence-corrected chi connectivity index (χ0v) is 13.8. The minimum atomic E-state index is -0.607. The van der Waals surface area contributed by atoms with Crippen LogP contribution in [0.25, 0.3) is 11.1 Å². The summed E-state index contributed by atoms with van der Waals surface area (Å²) in [5.74, 6) is -0.397. The Morgan fingerprint density at radius 2 is 1.72 bits per heavy atom. The van der Waals surface area contributed by atoms with Crippen LogP contribution in [0.5, 0.6) is 5.88 Å². The number of anilines is 1. The molecule has 5 nitrogen and oxygen atoms in total. The number of halogens is 2. The lowest BCUT2D eigenvalue weighted by Crippen LogP contribution is -2.07. The van der Waals surface area contributed by atoms with Gasteiger partial charge < -0.3 is 10.1 Å². The fourth-order valence-corrected chi connectivity index (χ4v) is 2.37. The highest BCUT2D eigenvalue weighted by molar-refractivity contribution is 5.65. The summed E-state index contributed by atoms with van der Waals surface area (Å²) < 4.78 is 32.3. The average Bonchev–Trinajstić information content (AvgIpc) is 2.62. The van der Waals surface area contributed by atoms with E-state index in [1.165, 1.54) is 18.2 Å². The molecule has 3 rings (SSSR count). The van der Waals surface area contributed by atoms with Gasteiger partial charge in [-0.25, -0.2) is 23.7 Å². The highest BCUT2D eigenvalue weighted by Gasteiger charge is 2.09. The first-order valence-electron chi connectivity index (χ1n) is 7.58. The van der Waals surface area contributed by atoms with Gasteiger partial charge >= 0.3 is 0 Å². The maximum atomic E-state index is 13.6. The summed E-state index contributed by atoms with van der Waals surface area (Å²) in [5.41, 5.74) is 2.60. The van der Waals surface area contributed by atoms with Gasteiger partial charge in [0.1, 0.15) is 11.6 Å². The average molecular weight is 342 g/mol. The molecule has 2 heterocycles. The lowest BCUT2D eigenvalue weighted by molar-refractivity contribution is 0.397. The van der Waals surface area contributed by atoms with Crippen molar-refractivity contribution in [2.24, 2.45) is 0 Å². The fourth-order valence-electron chi connectivity index (χ4n) is 2.37. The monoisotopic (exact) mass is 342 g/mol. The van der Waals surface area contributed by atoms with Crippen molar-refractivity contribution in [3.05, 3.63) is 65.6 Å². The highest BCUT2D eigenvalue weighted by Crippen LogP contribution is 2.24. The molecule has 0 saturated carbocycles. The van der Waals surface area contributed by atoms with E-state index in [-0.39, 0.29) is 18.1 Å². The number of hydrogen-bond acceptors (Lipinski definition) is 5. The second-order valence-corrected chi connectivity index (χ2v) is 5.39. The number of hydrogen-bond donors (Lipinski definition) is 1. The van der Waals surface area contributed by atoms with Crippen molar-refractivity contribution in [3.63, 3.8) is 0 Å². The Balaban J connectivity index is 1.74. The van der Waals surface area contributed by atoms with Crippen molar-refractivity contribution in [3.8, 4) is 17.0 Å². The van der Waals surface area contributed by atoms with E-state index in [9.17, 15) is 8.78 Å². The van der Waals surface area contributed by atoms with Crippen molar-refractivity contribution >= 4 is 5.95 Å². The normalized spacial score (nSPS) is 10.6. The molecule has 1 aromatic carbocycles. The van der Waals surface area contributed by atoms with Crippen molar-refractivity contribution in [1.82, 2.24) is 15.0 Å². The Bertz CT molecular complexity index is 864. The first kappa shape index (κ1) is 16.8. The van der Waals surface area contributed by atoms with Crippen LogP contribution in [0.3, 0.4) is 0 Å². The van der Waals surface area contributed by atoms with E-state index >= 15 is 0 Å². The van der Waals surface area contributed by atoms with Crippen LogP contribution in [0.2, 0.25) is 0 Å². The van der Waals surface area contributed by atoms with Gasteiger partial charge in [0, 0.05) is 47.9 Å². The van der Waals surface area contributed by atoms with Crippen LogP contribution in [0, 0.1) is 18.6 Å². The van der Waals surface area contributed by atoms with Crippen LogP contribution in [0.15, 0.2) is 42.9 Å². The Morgan fingerprint density at radius 3 is 2.32 bits per heavy atom. The lowest BCUT2D eigenvalue weighted by atomic mass is 10.1. The van der Waals surface area contributed by atoms with Crippen molar-refractivity contribution < 1.29 is 13.5 Å². The molecule has 7 heteroatoms. The first-order valence-corrected chi connectivity index (χ1v) is 7.58. The van der Waals surface area contributed by atoms with Crippen molar-refractivity contribution in [2.45, 2.75) is 13.5 Å². The molecule has 25 heavy (non-hydrogen) atoms. The van der Waals surface area contributed by atoms with Gasteiger partial charge in [-0.3, -0.25) is 0 Å². The molecule has 2 aromatic heterocycles. The Morgan fingerprint density at radius 1 is 1.04 bits per heavy atom. The molecule has 0 aliphatic heterocycles. The van der Waals surface area contributed by atoms with Gasteiger partial charge in [0.2, 0.25) is 11.8 Å². The third-order valence-electron chi connectivity index (χ3n) is 3.74. The Hall–Kier alpha value is -3.09. The maximum Gasteiger partial charge on any atom is 0.222 e. The number of methoxy groups -OCH3 is 1. The second kappa shape index (κ2) is 7.21. The molecule has 0 unspecified atom stereocenters. The molecule has 0 spiro atoms. The zero-order chi connectivity index (χ0) is 17.8. The summed E-state index contributed by atoms with van der Waals surface area (Å²) in [6.07, 6.45) is 4.95. The molecule has 0 bridgehead atoms. The van der Waals surface area contributed by atoms with E-state index in [2.05, 4.69) is 20.3 Å². The van der Waals surface area contributed by atoms with E-state index in [1.54, 1.807) is 25.7 Å². The lowest BCUT2D eigenvalue weighted by Gasteiger charge is -2.09. The summed E-state index contributed by atoms with van der Waals surface area (Å²) in [6.45, 7) is 1.90. The van der Waals surface area contributed by atoms with Crippen LogP contribution in [0.1, 0.15) is 11.1 Å². The predicted octanol–water partition coefficient (Wildman–Crippen LogP) is 3.75. The Kier molecular flexibility index (Phi) is 4.83. The fraction of sp³-hybridized carbons (Fsp3) is 0.167. The Labute approximate surface area is 143 Å². The van der Waals surface area contributed by atoms with Crippen LogP contribution in [-0.2, 0) is 6.54 Å². The number of ether oxygens (including phenoxy) is 1. The van der Waals surface area contributed by atoms with Gasteiger partial charge in [-0.2, -0.15) is 0 Å². The van der Waals surface area contributed by atoms with E-state index in [1.807, 2.05) is 13.0 Å². The minimum absolute atomic E-state index is 0.0407. The molecule has 0 aliphatic carbocycles.